The van der Waals surface area contributed by atoms with E-state index in [2.05, 4.69) is 24.9 Å². The number of rotatable bonds is 0. The molecule has 0 spiro atoms. The number of hydrogen-bond acceptors (Lipinski definition) is 2. The quantitative estimate of drug-likeness (QED) is 0.561. The molecule has 0 aromatic carbocycles. The van der Waals surface area contributed by atoms with Crippen LogP contribution in [-0.2, 0) is 0 Å². The predicted octanol–water partition coefficient (Wildman–Crippen LogP) is 2.97. The smallest absolute Gasteiger partial charge is 0.0167 e. The second-order valence-electron chi connectivity index (χ2n) is 3.24. The maximum absolute atomic E-state index is 3.53. The Balaban J connectivity index is 0. The van der Waals surface area contributed by atoms with E-state index in [0.717, 1.165) is 5.92 Å². The first-order valence-corrected chi connectivity index (χ1v) is 5.74. The molecule has 12 heavy (non-hydrogen) atoms. The summed E-state index contributed by atoms with van der Waals surface area (Å²) >= 11 is 3.53. The fraction of sp³-hybridized carbons (Fsp3) is 1.00. The van der Waals surface area contributed by atoms with Crippen LogP contribution in [0.4, 0.5) is 0 Å². The molecule has 1 aliphatic rings. The maximum atomic E-state index is 3.53. The van der Waals surface area contributed by atoms with Crippen LogP contribution < -0.4 is 5.32 Å². The molecule has 1 aliphatic carbocycles. The lowest BCUT2D eigenvalue weighted by Gasteiger charge is -2.15. The third-order valence-electron chi connectivity index (χ3n) is 1.89. The van der Waals surface area contributed by atoms with Crippen LogP contribution in [0.1, 0.15) is 39.0 Å². The van der Waals surface area contributed by atoms with Gasteiger partial charge in [-0.05, 0) is 26.3 Å². The van der Waals surface area contributed by atoms with E-state index in [9.17, 15) is 0 Å². The highest BCUT2D eigenvalue weighted by Gasteiger charge is 2.05. The van der Waals surface area contributed by atoms with Crippen LogP contribution in [0.25, 0.3) is 0 Å². The molecule has 1 rings (SSSR count). The molecular weight excluding hydrogens is 166 g/mol. The van der Waals surface area contributed by atoms with E-state index in [-0.39, 0.29) is 0 Å². The van der Waals surface area contributed by atoms with Gasteiger partial charge in [-0.25, -0.2) is 0 Å². The monoisotopic (exact) mass is 191 g/mol. The zero-order chi connectivity index (χ0) is 9.82. The summed E-state index contributed by atoms with van der Waals surface area (Å²) in [4.78, 5) is 0. The van der Waals surface area contributed by atoms with Gasteiger partial charge in [0.05, 0.1) is 0 Å². The van der Waals surface area contributed by atoms with Crippen LogP contribution in [0, 0.1) is 5.92 Å². The fourth-order valence-electron chi connectivity index (χ4n) is 1.31. The van der Waals surface area contributed by atoms with E-state index in [0.29, 0.717) is 0 Å². The number of nitrogens with one attached hydrogen (secondary N) is 1. The molecule has 0 aromatic rings. The van der Waals surface area contributed by atoms with Crippen molar-refractivity contribution in [3.8, 4) is 0 Å². The predicted molar refractivity (Wildman–Crippen MR) is 62.1 cm³/mol. The second kappa shape index (κ2) is 13.9. The molecule has 76 valence electrons. The van der Waals surface area contributed by atoms with Gasteiger partial charge in [-0.2, -0.15) is 12.6 Å². The van der Waals surface area contributed by atoms with Gasteiger partial charge in [0.1, 0.15) is 0 Å². The fourth-order valence-corrected chi connectivity index (χ4v) is 1.31. The Labute approximate surface area is 83.7 Å². The first-order valence-electron chi connectivity index (χ1n) is 4.84. The highest BCUT2D eigenvalue weighted by atomic mass is 32.1. The van der Waals surface area contributed by atoms with Gasteiger partial charge in [0.15, 0.2) is 0 Å². The average Bonchev–Trinajstić information content (AvgIpc) is 2.11. The summed E-state index contributed by atoms with van der Waals surface area (Å²) < 4.78 is 0. The Bertz CT molecular complexity index is 60.9. The Kier molecular flexibility index (Phi) is 17.1. The Morgan fingerprint density at radius 3 is 1.50 bits per heavy atom. The van der Waals surface area contributed by atoms with E-state index in [4.69, 9.17) is 0 Å². The van der Waals surface area contributed by atoms with Crippen LogP contribution >= 0.6 is 12.6 Å². The van der Waals surface area contributed by atoms with Crippen molar-refractivity contribution in [2.75, 3.05) is 20.4 Å². The molecule has 0 unspecified atom stereocenters. The van der Waals surface area contributed by atoms with Gasteiger partial charge in [-0.1, -0.05) is 39.0 Å². The molecule has 1 fully saturated rings. The first kappa shape index (κ1) is 14.8. The van der Waals surface area contributed by atoms with Crippen LogP contribution in [0.3, 0.4) is 0 Å². The largest absolute Gasteiger partial charge is 0.323 e. The summed E-state index contributed by atoms with van der Waals surface area (Å²) in [7, 11) is 3.75. The lowest BCUT2D eigenvalue weighted by atomic mass is 9.91. The number of hydrogen-bond donors (Lipinski definition) is 2. The third kappa shape index (κ3) is 12.9. The molecule has 0 saturated heterocycles. The lowest BCUT2D eigenvalue weighted by Crippen LogP contribution is -1.99. The molecule has 0 aliphatic heterocycles. The van der Waals surface area contributed by atoms with E-state index in [1.54, 1.807) is 6.26 Å². The summed E-state index contributed by atoms with van der Waals surface area (Å²) in [6.45, 7) is 2.36. The summed E-state index contributed by atoms with van der Waals surface area (Å²) in [5.74, 6) is 1.04. The SMILES string of the molecule is CC1CCCCC1.CNC.CS. The Morgan fingerprint density at radius 1 is 1.00 bits per heavy atom. The normalized spacial score (nSPS) is 16.8. The van der Waals surface area contributed by atoms with Crippen LogP contribution in [0.15, 0.2) is 0 Å². The van der Waals surface area contributed by atoms with Crippen LogP contribution in [0.5, 0.6) is 0 Å². The molecule has 0 aromatic heterocycles. The molecule has 0 bridgehead atoms. The van der Waals surface area contributed by atoms with Crippen molar-refractivity contribution in [3.63, 3.8) is 0 Å². The van der Waals surface area contributed by atoms with Gasteiger partial charge in [-0.15, -0.1) is 0 Å². The minimum atomic E-state index is 1.04. The Hall–Kier alpha value is 0.310. The molecule has 0 radical (unpaired) electrons. The molecule has 0 amide bonds. The van der Waals surface area contributed by atoms with Crippen molar-refractivity contribution in [1.82, 2.24) is 5.32 Å². The molecule has 0 atom stereocenters. The zero-order valence-electron chi connectivity index (χ0n) is 9.06. The zero-order valence-corrected chi connectivity index (χ0v) is 9.95. The van der Waals surface area contributed by atoms with E-state index in [1.165, 1.54) is 32.1 Å². The van der Waals surface area contributed by atoms with Gasteiger partial charge >= 0.3 is 0 Å². The highest BCUT2D eigenvalue weighted by Crippen LogP contribution is 2.21. The summed E-state index contributed by atoms with van der Waals surface area (Å²) in [5.41, 5.74) is 0. The van der Waals surface area contributed by atoms with Crippen molar-refractivity contribution >= 4 is 12.6 Å². The number of thiol groups is 1. The van der Waals surface area contributed by atoms with Crippen LogP contribution in [-0.4, -0.2) is 20.4 Å². The molecule has 1 saturated carbocycles. The second-order valence-corrected chi connectivity index (χ2v) is 3.24. The van der Waals surface area contributed by atoms with E-state index >= 15 is 0 Å². The van der Waals surface area contributed by atoms with E-state index in [1.807, 2.05) is 14.1 Å². The first-order chi connectivity index (χ1) is 5.81. The standard InChI is InChI=1S/C7H14.C2H7N.CH4S/c1-7-5-3-2-4-6-7;1-3-2;1-2/h7H,2-6H2,1H3;3H,1-2H3;2H,1H3. The van der Waals surface area contributed by atoms with Crippen molar-refractivity contribution in [2.24, 2.45) is 5.92 Å². The van der Waals surface area contributed by atoms with Crippen molar-refractivity contribution < 1.29 is 0 Å². The molecule has 1 nitrogen and oxygen atoms in total. The lowest BCUT2D eigenvalue weighted by molar-refractivity contribution is 0.385. The summed E-state index contributed by atoms with van der Waals surface area (Å²) in [5, 5.41) is 2.75. The van der Waals surface area contributed by atoms with Gasteiger partial charge in [0.25, 0.3) is 0 Å². The Morgan fingerprint density at radius 2 is 1.33 bits per heavy atom. The minimum absolute atomic E-state index is 1.04. The third-order valence-corrected chi connectivity index (χ3v) is 1.89. The van der Waals surface area contributed by atoms with Gasteiger partial charge < -0.3 is 5.32 Å². The van der Waals surface area contributed by atoms with Crippen molar-refractivity contribution in [2.45, 2.75) is 39.0 Å². The molecule has 0 heterocycles. The summed E-state index contributed by atoms with van der Waals surface area (Å²) in [6.07, 6.45) is 9.13. The van der Waals surface area contributed by atoms with Crippen molar-refractivity contribution in [3.05, 3.63) is 0 Å². The van der Waals surface area contributed by atoms with Gasteiger partial charge in [-0.3, -0.25) is 0 Å². The molecular formula is C10H25NS. The van der Waals surface area contributed by atoms with Gasteiger partial charge in [0.2, 0.25) is 0 Å². The minimum Gasteiger partial charge on any atom is -0.323 e. The molecule has 2 heteroatoms. The maximum Gasteiger partial charge on any atom is -0.0167 e. The highest BCUT2D eigenvalue weighted by molar-refractivity contribution is 7.79. The summed E-state index contributed by atoms with van der Waals surface area (Å²) in [6, 6.07) is 0. The average molecular weight is 191 g/mol. The topological polar surface area (TPSA) is 12.0 Å². The molecule has 1 N–H and O–H groups in total. The van der Waals surface area contributed by atoms with E-state index < -0.39 is 0 Å². The van der Waals surface area contributed by atoms with Crippen molar-refractivity contribution in [1.29, 1.82) is 0 Å². The van der Waals surface area contributed by atoms with Crippen LogP contribution in [0.2, 0.25) is 0 Å². The van der Waals surface area contributed by atoms with Gasteiger partial charge in [0, 0.05) is 0 Å².